The molecule has 0 spiro atoms. The first-order valence-electron chi connectivity index (χ1n) is 21.3. The summed E-state index contributed by atoms with van der Waals surface area (Å²) in [7, 11) is 0. The van der Waals surface area contributed by atoms with Crippen molar-refractivity contribution < 1.29 is 19.4 Å². The van der Waals surface area contributed by atoms with E-state index in [-0.39, 0.29) is 57.1 Å². The number of fused-ring (bicyclic) bond motifs is 7. The average molecular weight is 693 g/mol. The molecule has 8 unspecified atom stereocenters. The summed E-state index contributed by atoms with van der Waals surface area (Å²) < 4.78 is 6.33. The van der Waals surface area contributed by atoms with Crippen LogP contribution in [0.4, 0.5) is 0 Å². The van der Waals surface area contributed by atoms with Crippen LogP contribution in [0, 0.1) is 50.2 Å². The van der Waals surface area contributed by atoms with Gasteiger partial charge in [-0.25, -0.2) is 0 Å². The molecule has 0 radical (unpaired) electrons. The van der Waals surface area contributed by atoms with Crippen molar-refractivity contribution in [3.8, 4) is 0 Å². The van der Waals surface area contributed by atoms with Gasteiger partial charge >= 0.3 is 5.97 Å². The predicted molar refractivity (Wildman–Crippen MR) is 207 cm³/mol. The second-order valence-corrected chi connectivity index (χ2v) is 20.2. The maximum absolute atomic E-state index is 14.7. The molecule has 5 aliphatic carbocycles. The van der Waals surface area contributed by atoms with Gasteiger partial charge in [-0.15, -0.1) is 0 Å². The fourth-order valence-corrected chi connectivity index (χ4v) is 12.9. The van der Waals surface area contributed by atoms with Crippen molar-refractivity contribution in [2.45, 2.75) is 196 Å². The van der Waals surface area contributed by atoms with Crippen molar-refractivity contribution in [1.82, 2.24) is 0 Å². The number of allylic oxidation sites excluding steroid dienone is 4. The highest BCUT2D eigenvalue weighted by molar-refractivity contribution is 5.95. The normalized spacial score (nSPS) is 38.8. The molecule has 0 bridgehead atoms. The van der Waals surface area contributed by atoms with Gasteiger partial charge in [-0.3, -0.25) is 9.59 Å². The molecule has 5 aliphatic rings. The molecule has 0 amide bonds. The summed E-state index contributed by atoms with van der Waals surface area (Å²) in [5, 5.41) is 10.8. The van der Waals surface area contributed by atoms with Gasteiger partial charge in [0.05, 0.1) is 0 Å². The highest BCUT2D eigenvalue weighted by Crippen LogP contribution is 2.75. The first-order chi connectivity index (χ1) is 23.6. The zero-order chi connectivity index (χ0) is 36.4. The van der Waals surface area contributed by atoms with Crippen molar-refractivity contribution in [3.05, 3.63) is 23.8 Å². The van der Waals surface area contributed by atoms with Crippen LogP contribution in [0.3, 0.4) is 0 Å². The van der Waals surface area contributed by atoms with Crippen LogP contribution in [0.25, 0.3) is 0 Å². The minimum absolute atomic E-state index is 0.0158. The summed E-state index contributed by atoms with van der Waals surface area (Å²) in [6, 6.07) is 0. The zero-order valence-electron chi connectivity index (χ0n) is 33.8. The highest BCUT2D eigenvalue weighted by Gasteiger charge is 2.70. The summed E-state index contributed by atoms with van der Waals surface area (Å²) in [4.78, 5) is 27.8. The molecule has 5 rings (SSSR count). The van der Waals surface area contributed by atoms with E-state index in [2.05, 4.69) is 73.6 Å². The maximum atomic E-state index is 14.7. The fourth-order valence-electron chi connectivity index (χ4n) is 12.9. The Morgan fingerprint density at radius 1 is 0.820 bits per heavy atom. The molecule has 284 valence electrons. The Hall–Kier alpha value is -1.42. The molecule has 8 atom stereocenters. The number of esters is 1. The SMILES string of the molecule is CCCCCCC=CCCCCCCCC(=O)OC1CCC2(C)C(CCC3(C)C2C(=O)C=C2C4CC(C)(C)CCC4(CO)CCC23C)C1(C)C. The van der Waals surface area contributed by atoms with Gasteiger partial charge in [0, 0.05) is 29.8 Å². The first-order valence-corrected chi connectivity index (χ1v) is 21.3. The summed E-state index contributed by atoms with van der Waals surface area (Å²) in [5.41, 5.74) is 1.11. The molecule has 4 saturated carbocycles. The number of ether oxygens (including phenoxy) is 1. The lowest BCUT2D eigenvalue weighted by molar-refractivity contribution is -0.212. The maximum Gasteiger partial charge on any atom is 0.306 e. The standard InChI is InChI=1S/C46H76O4/c1-9-10-11-12-13-14-15-16-17-18-19-20-21-22-39(49)50-38-24-25-43(6)37(42(38,4)5)23-26-45(8)40(43)36(48)31-34-35-32-41(2,3)27-29-46(35,33-47)30-28-44(34,45)7/h14-15,31,35,37-38,40,47H,9-13,16-30,32-33H2,1-8H3. The van der Waals surface area contributed by atoms with E-state index in [0.717, 1.165) is 70.6 Å². The molecule has 0 aromatic heterocycles. The summed E-state index contributed by atoms with van der Waals surface area (Å²) in [6.07, 6.45) is 30.0. The second-order valence-electron chi connectivity index (χ2n) is 20.2. The quantitative estimate of drug-likeness (QED) is 0.105. The van der Waals surface area contributed by atoms with E-state index >= 15 is 0 Å². The lowest BCUT2D eigenvalue weighted by Gasteiger charge is -2.70. The number of rotatable bonds is 15. The van der Waals surface area contributed by atoms with Crippen LogP contribution in [0.1, 0.15) is 190 Å². The van der Waals surface area contributed by atoms with E-state index < -0.39 is 0 Å². The van der Waals surface area contributed by atoms with Gasteiger partial charge in [-0.2, -0.15) is 0 Å². The molecule has 0 aromatic rings. The fraction of sp³-hybridized carbons (Fsp3) is 0.870. The van der Waals surface area contributed by atoms with E-state index in [0.29, 0.717) is 24.0 Å². The Kier molecular flexibility index (Phi) is 12.3. The molecule has 4 nitrogen and oxygen atoms in total. The van der Waals surface area contributed by atoms with Crippen LogP contribution in [0.5, 0.6) is 0 Å². The summed E-state index contributed by atoms with van der Waals surface area (Å²) in [6.45, 7) is 19.3. The number of hydrogen-bond donors (Lipinski definition) is 1. The lowest BCUT2D eigenvalue weighted by Crippen LogP contribution is -2.67. The summed E-state index contributed by atoms with van der Waals surface area (Å²) >= 11 is 0. The Morgan fingerprint density at radius 3 is 2.14 bits per heavy atom. The van der Waals surface area contributed by atoms with Crippen molar-refractivity contribution in [2.24, 2.45) is 50.2 Å². The molecule has 0 aromatic carbocycles. The van der Waals surface area contributed by atoms with Crippen LogP contribution in [-0.4, -0.2) is 29.6 Å². The number of aliphatic hydroxyl groups excluding tert-OH is 1. The lowest BCUT2D eigenvalue weighted by atomic mass is 9.33. The number of hydrogen-bond acceptors (Lipinski definition) is 4. The van der Waals surface area contributed by atoms with Crippen LogP contribution in [0.2, 0.25) is 0 Å². The molecule has 50 heavy (non-hydrogen) atoms. The number of ketones is 1. The minimum Gasteiger partial charge on any atom is -0.462 e. The van der Waals surface area contributed by atoms with Crippen molar-refractivity contribution in [3.63, 3.8) is 0 Å². The molecule has 4 heteroatoms. The Balaban J connectivity index is 1.17. The second kappa shape index (κ2) is 15.5. The molecule has 1 N–H and O–H groups in total. The van der Waals surface area contributed by atoms with E-state index in [1.54, 1.807) is 0 Å². The van der Waals surface area contributed by atoms with Crippen molar-refractivity contribution >= 4 is 11.8 Å². The molecule has 4 fully saturated rings. The van der Waals surface area contributed by atoms with E-state index in [4.69, 9.17) is 4.74 Å². The smallest absolute Gasteiger partial charge is 0.306 e. The number of carbonyl (C=O) groups excluding carboxylic acids is 2. The van der Waals surface area contributed by atoms with Crippen molar-refractivity contribution in [2.75, 3.05) is 6.61 Å². The predicted octanol–water partition coefficient (Wildman–Crippen LogP) is 12.1. The Bertz CT molecular complexity index is 1260. The minimum atomic E-state index is -0.176. The summed E-state index contributed by atoms with van der Waals surface area (Å²) in [5.74, 6) is 0.922. The van der Waals surface area contributed by atoms with Gasteiger partial charge in [0.1, 0.15) is 6.10 Å². The molecule has 0 heterocycles. The van der Waals surface area contributed by atoms with E-state index in [1.807, 2.05) is 0 Å². The van der Waals surface area contributed by atoms with Crippen LogP contribution in [-0.2, 0) is 14.3 Å². The number of carbonyl (C=O) groups is 2. The van der Waals surface area contributed by atoms with Crippen LogP contribution in [0.15, 0.2) is 23.8 Å². The van der Waals surface area contributed by atoms with Gasteiger partial charge in [0.15, 0.2) is 5.78 Å². The van der Waals surface area contributed by atoms with Gasteiger partial charge in [0.25, 0.3) is 0 Å². The van der Waals surface area contributed by atoms with E-state index in [9.17, 15) is 14.7 Å². The number of unbranched alkanes of at least 4 members (excludes halogenated alkanes) is 9. The van der Waals surface area contributed by atoms with Gasteiger partial charge in [-0.05, 0) is 129 Å². The topological polar surface area (TPSA) is 63.6 Å². The van der Waals surface area contributed by atoms with E-state index in [1.165, 1.54) is 63.4 Å². The van der Waals surface area contributed by atoms with Crippen LogP contribution < -0.4 is 0 Å². The third-order valence-corrected chi connectivity index (χ3v) is 16.2. The molecule has 0 aliphatic heterocycles. The zero-order valence-corrected chi connectivity index (χ0v) is 33.8. The molecular weight excluding hydrogens is 617 g/mol. The third-order valence-electron chi connectivity index (χ3n) is 16.2. The highest BCUT2D eigenvalue weighted by atomic mass is 16.5. The van der Waals surface area contributed by atoms with Gasteiger partial charge in [-0.1, -0.05) is 112 Å². The Morgan fingerprint density at radius 2 is 1.46 bits per heavy atom. The van der Waals surface area contributed by atoms with Crippen molar-refractivity contribution in [1.29, 1.82) is 0 Å². The Labute approximate surface area is 307 Å². The average Bonchev–Trinajstić information content (AvgIpc) is 3.05. The number of aliphatic hydroxyl groups is 1. The first kappa shape index (κ1) is 39.8. The largest absolute Gasteiger partial charge is 0.462 e. The monoisotopic (exact) mass is 693 g/mol. The molecular formula is C46H76O4. The van der Waals surface area contributed by atoms with Gasteiger partial charge in [0.2, 0.25) is 0 Å². The van der Waals surface area contributed by atoms with Crippen LogP contribution >= 0.6 is 0 Å². The molecule has 0 saturated heterocycles. The third kappa shape index (κ3) is 7.37. The van der Waals surface area contributed by atoms with Gasteiger partial charge < -0.3 is 9.84 Å².